The predicted molar refractivity (Wildman–Crippen MR) is 89.9 cm³/mol. The molecule has 3 nitrogen and oxygen atoms in total. The van der Waals surface area contributed by atoms with Crippen LogP contribution in [-0.4, -0.2) is 30.6 Å². The average molecular weight is 311 g/mol. The Bertz CT molecular complexity index is 398. The van der Waals surface area contributed by atoms with Crippen LogP contribution < -0.4 is 5.32 Å². The SMILES string of the molecule is CCCCN(CCCC)C(=O)NCCc1ccc(Cl)cc1. The summed E-state index contributed by atoms with van der Waals surface area (Å²) in [4.78, 5) is 14.1. The third kappa shape index (κ3) is 7.37. The molecule has 0 saturated carbocycles. The standard InChI is InChI=1S/C17H27ClN2O/c1-3-5-13-20(14-6-4-2)17(21)19-12-11-15-7-9-16(18)10-8-15/h7-10H,3-6,11-14H2,1-2H3,(H,19,21). The summed E-state index contributed by atoms with van der Waals surface area (Å²) in [5, 5.41) is 3.76. The molecular formula is C17H27ClN2O. The fourth-order valence-electron chi connectivity index (χ4n) is 2.09. The Hall–Kier alpha value is -1.22. The Kier molecular flexibility index (Phi) is 8.91. The van der Waals surface area contributed by atoms with Gasteiger partial charge in [-0.15, -0.1) is 0 Å². The molecular weight excluding hydrogens is 284 g/mol. The lowest BCUT2D eigenvalue weighted by Gasteiger charge is -2.22. The molecule has 1 N–H and O–H groups in total. The first-order valence-corrected chi connectivity index (χ1v) is 8.32. The van der Waals surface area contributed by atoms with E-state index in [1.165, 1.54) is 5.56 Å². The number of urea groups is 1. The van der Waals surface area contributed by atoms with E-state index in [0.717, 1.165) is 50.2 Å². The number of unbranched alkanes of at least 4 members (excludes halogenated alkanes) is 2. The second kappa shape index (κ2) is 10.5. The topological polar surface area (TPSA) is 32.3 Å². The number of nitrogens with zero attached hydrogens (tertiary/aromatic N) is 1. The summed E-state index contributed by atoms with van der Waals surface area (Å²) in [5.74, 6) is 0. The van der Waals surface area contributed by atoms with Crippen LogP contribution in [0.4, 0.5) is 4.79 Å². The number of benzene rings is 1. The van der Waals surface area contributed by atoms with Gasteiger partial charge in [0.1, 0.15) is 0 Å². The maximum absolute atomic E-state index is 12.2. The zero-order valence-corrected chi connectivity index (χ0v) is 14.0. The molecule has 1 aromatic rings. The highest BCUT2D eigenvalue weighted by Crippen LogP contribution is 2.09. The van der Waals surface area contributed by atoms with Crippen LogP contribution in [0.3, 0.4) is 0 Å². The molecule has 1 rings (SSSR count). The van der Waals surface area contributed by atoms with Crippen LogP contribution in [0.25, 0.3) is 0 Å². The third-order valence-corrected chi connectivity index (χ3v) is 3.71. The molecule has 118 valence electrons. The van der Waals surface area contributed by atoms with Crippen molar-refractivity contribution in [1.29, 1.82) is 0 Å². The number of rotatable bonds is 9. The molecule has 0 aliphatic rings. The van der Waals surface area contributed by atoms with Crippen molar-refractivity contribution in [2.45, 2.75) is 46.0 Å². The average Bonchev–Trinajstić information content (AvgIpc) is 2.49. The molecule has 0 aromatic heterocycles. The van der Waals surface area contributed by atoms with Crippen molar-refractivity contribution in [1.82, 2.24) is 10.2 Å². The molecule has 0 aliphatic heterocycles. The summed E-state index contributed by atoms with van der Waals surface area (Å²) in [5.41, 5.74) is 1.19. The number of carbonyl (C=O) groups excluding carboxylic acids is 1. The van der Waals surface area contributed by atoms with E-state index in [0.29, 0.717) is 6.54 Å². The molecule has 0 spiro atoms. The number of hydrogen-bond acceptors (Lipinski definition) is 1. The largest absolute Gasteiger partial charge is 0.338 e. The van der Waals surface area contributed by atoms with Crippen LogP contribution in [0, 0.1) is 0 Å². The van der Waals surface area contributed by atoms with Crippen LogP contribution >= 0.6 is 11.6 Å². The molecule has 0 unspecified atom stereocenters. The van der Waals surface area contributed by atoms with Crippen LogP contribution in [-0.2, 0) is 6.42 Å². The molecule has 0 saturated heterocycles. The van der Waals surface area contributed by atoms with Crippen molar-refractivity contribution in [3.8, 4) is 0 Å². The summed E-state index contributed by atoms with van der Waals surface area (Å²) in [6.45, 7) is 6.66. The second-order valence-electron chi connectivity index (χ2n) is 5.30. The van der Waals surface area contributed by atoms with Gasteiger partial charge in [0.15, 0.2) is 0 Å². The highest BCUT2D eigenvalue weighted by atomic mass is 35.5. The van der Waals surface area contributed by atoms with Gasteiger partial charge in [-0.3, -0.25) is 0 Å². The van der Waals surface area contributed by atoms with Gasteiger partial charge in [0, 0.05) is 24.7 Å². The lowest BCUT2D eigenvalue weighted by Crippen LogP contribution is -2.41. The van der Waals surface area contributed by atoms with Gasteiger partial charge >= 0.3 is 6.03 Å². The highest BCUT2D eigenvalue weighted by Gasteiger charge is 2.11. The second-order valence-corrected chi connectivity index (χ2v) is 5.74. The Morgan fingerprint density at radius 3 is 2.19 bits per heavy atom. The molecule has 1 aromatic carbocycles. The van der Waals surface area contributed by atoms with Crippen molar-refractivity contribution in [3.05, 3.63) is 34.9 Å². The Balaban J connectivity index is 2.35. The van der Waals surface area contributed by atoms with Gasteiger partial charge in [-0.05, 0) is 37.0 Å². The van der Waals surface area contributed by atoms with Crippen LogP contribution in [0.2, 0.25) is 5.02 Å². The van der Waals surface area contributed by atoms with E-state index in [9.17, 15) is 4.79 Å². The molecule has 0 atom stereocenters. The highest BCUT2D eigenvalue weighted by molar-refractivity contribution is 6.30. The quantitative estimate of drug-likeness (QED) is 0.716. The minimum Gasteiger partial charge on any atom is -0.338 e. The first-order chi connectivity index (χ1) is 10.2. The number of hydrogen-bond donors (Lipinski definition) is 1. The van der Waals surface area contributed by atoms with Gasteiger partial charge in [0.05, 0.1) is 0 Å². The molecule has 0 bridgehead atoms. The number of carbonyl (C=O) groups is 1. The Morgan fingerprint density at radius 2 is 1.67 bits per heavy atom. The summed E-state index contributed by atoms with van der Waals surface area (Å²) < 4.78 is 0. The van der Waals surface area contributed by atoms with Crippen molar-refractivity contribution < 1.29 is 4.79 Å². The lowest BCUT2D eigenvalue weighted by molar-refractivity contribution is 0.196. The monoisotopic (exact) mass is 310 g/mol. The zero-order valence-electron chi connectivity index (χ0n) is 13.2. The summed E-state index contributed by atoms with van der Waals surface area (Å²) in [7, 11) is 0. The van der Waals surface area contributed by atoms with Gasteiger partial charge in [-0.1, -0.05) is 50.4 Å². The van der Waals surface area contributed by atoms with E-state index in [1.807, 2.05) is 29.2 Å². The van der Waals surface area contributed by atoms with Crippen molar-refractivity contribution >= 4 is 17.6 Å². The van der Waals surface area contributed by atoms with E-state index < -0.39 is 0 Å². The first kappa shape index (κ1) is 17.8. The fourth-order valence-corrected chi connectivity index (χ4v) is 2.22. The van der Waals surface area contributed by atoms with Gasteiger partial charge in [0.25, 0.3) is 0 Å². The normalized spacial score (nSPS) is 10.4. The molecule has 2 amide bonds. The molecule has 21 heavy (non-hydrogen) atoms. The summed E-state index contributed by atoms with van der Waals surface area (Å²) in [6, 6.07) is 7.83. The maximum Gasteiger partial charge on any atom is 0.317 e. The number of nitrogens with one attached hydrogen (secondary N) is 1. The van der Waals surface area contributed by atoms with E-state index in [1.54, 1.807) is 0 Å². The molecule has 4 heteroatoms. The lowest BCUT2D eigenvalue weighted by atomic mass is 10.1. The van der Waals surface area contributed by atoms with Gasteiger partial charge in [0.2, 0.25) is 0 Å². The van der Waals surface area contributed by atoms with Crippen molar-refractivity contribution in [2.24, 2.45) is 0 Å². The van der Waals surface area contributed by atoms with E-state index in [4.69, 9.17) is 11.6 Å². The van der Waals surface area contributed by atoms with E-state index >= 15 is 0 Å². The van der Waals surface area contributed by atoms with Crippen LogP contribution in [0.15, 0.2) is 24.3 Å². The third-order valence-electron chi connectivity index (χ3n) is 3.45. The maximum atomic E-state index is 12.2. The summed E-state index contributed by atoms with van der Waals surface area (Å²) in [6.07, 6.45) is 5.18. The van der Waals surface area contributed by atoms with Gasteiger partial charge in [-0.2, -0.15) is 0 Å². The first-order valence-electron chi connectivity index (χ1n) is 7.94. The van der Waals surface area contributed by atoms with Crippen LogP contribution in [0.1, 0.15) is 45.1 Å². The van der Waals surface area contributed by atoms with Crippen molar-refractivity contribution in [3.63, 3.8) is 0 Å². The van der Waals surface area contributed by atoms with Crippen LogP contribution in [0.5, 0.6) is 0 Å². The van der Waals surface area contributed by atoms with Gasteiger partial charge < -0.3 is 10.2 Å². The molecule has 0 aliphatic carbocycles. The zero-order chi connectivity index (χ0) is 15.5. The summed E-state index contributed by atoms with van der Waals surface area (Å²) >= 11 is 5.86. The molecule has 0 radical (unpaired) electrons. The van der Waals surface area contributed by atoms with Crippen molar-refractivity contribution in [2.75, 3.05) is 19.6 Å². The molecule has 0 heterocycles. The molecule has 0 fully saturated rings. The minimum absolute atomic E-state index is 0.0610. The van der Waals surface area contributed by atoms with Gasteiger partial charge in [-0.25, -0.2) is 4.79 Å². The van der Waals surface area contributed by atoms with E-state index in [2.05, 4.69) is 19.2 Å². The smallest absolute Gasteiger partial charge is 0.317 e. The van der Waals surface area contributed by atoms with E-state index in [-0.39, 0.29) is 6.03 Å². The Morgan fingerprint density at radius 1 is 1.10 bits per heavy atom. The Labute approximate surface area is 133 Å². The fraction of sp³-hybridized carbons (Fsp3) is 0.588. The number of amides is 2. The predicted octanol–water partition coefficient (Wildman–Crippen LogP) is 4.49. The minimum atomic E-state index is 0.0610. The number of halogens is 1.